The fourth-order valence-electron chi connectivity index (χ4n) is 2.35. The lowest BCUT2D eigenvalue weighted by atomic mass is 9.92. The van der Waals surface area contributed by atoms with E-state index < -0.39 is 0 Å². The Morgan fingerprint density at radius 1 is 1.41 bits per heavy atom. The highest BCUT2D eigenvalue weighted by molar-refractivity contribution is 5.29. The number of nitrogens with one attached hydrogen (secondary N) is 1. The Bertz CT molecular complexity index is 372. The van der Waals surface area contributed by atoms with Gasteiger partial charge < -0.3 is 10.1 Å². The zero-order chi connectivity index (χ0) is 12.3. The van der Waals surface area contributed by atoms with Gasteiger partial charge in [-0.1, -0.05) is 13.0 Å². The SMILES string of the molecule is COc1ccc(CC2CCC(C)CN2)cc1F. The lowest BCUT2D eigenvalue weighted by molar-refractivity contribution is 0.325. The zero-order valence-corrected chi connectivity index (χ0v) is 10.5. The summed E-state index contributed by atoms with van der Waals surface area (Å²) in [6.07, 6.45) is 3.33. The van der Waals surface area contributed by atoms with E-state index in [0.717, 1.165) is 24.4 Å². The molecule has 0 amide bonds. The highest BCUT2D eigenvalue weighted by Crippen LogP contribution is 2.21. The first kappa shape index (κ1) is 12.4. The van der Waals surface area contributed by atoms with Crippen LogP contribution in [-0.4, -0.2) is 19.7 Å². The van der Waals surface area contributed by atoms with Gasteiger partial charge in [0.1, 0.15) is 0 Å². The average Bonchev–Trinajstić information content (AvgIpc) is 2.32. The third kappa shape index (κ3) is 3.19. The van der Waals surface area contributed by atoms with Crippen LogP contribution in [0.1, 0.15) is 25.3 Å². The summed E-state index contributed by atoms with van der Waals surface area (Å²) < 4.78 is 18.4. The quantitative estimate of drug-likeness (QED) is 0.872. The second-order valence-electron chi connectivity index (χ2n) is 4.96. The Morgan fingerprint density at radius 2 is 2.24 bits per heavy atom. The van der Waals surface area contributed by atoms with Gasteiger partial charge in [-0.25, -0.2) is 4.39 Å². The molecule has 0 saturated carbocycles. The van der Waals surface area contributed by atoms with E-state index in [1.807, 2.05) is 6.07 Å². The standard InChI is InChI=1S/C14H20FNO/c1-10-3-5-12(16-9-10)7-11-4-6-14(17-2)13(15)8-11/h4,6,8,10,12,16H,3,5,7,9H2,1-2H3. The minimum absolute atomic E-state index is 0.269. The van der Waals surface area contributed by atoms with Gasteiger partial charge in [0.2, 0.25) is 0 Å². The fourth-order valence-corrected chi connectivity index (χ4v) is 2.35. The number of halogens is 1. The maximum atomic E-state index is 13.5. The van der Waals surface area contributed by atoms with Crippen molar-refractivity contribution < 1.29 is 9.13 Å². The lowest BCUT2D eigenvalue weighted by Crippen LogP contribution is -2.39. The third-order valence-electron chi connectivity index (χ3n) is 3.46. The molecule has 2 unspecified atom stereocenters. The highest BCUT2D eigenvalue weighted by atomic mass is 19.1. The Balaban J connectivity index is 1.97. The molecule has 0 aliphatic carbocycles. The van der Waals surface area contributed by atoms with Gasteiger partial charge in [0.25, 0.3) is 0 Å². The number of methoxy groups -OCH3 is 1. The van der Waals surface area contributed by atoms with Crippen molar-refractivity contribution in [2.75, 3.05) is 13.7 Å². The molecule has 2 nitrogen and oxygen atoms in total. The molecule has 1 aliphatic heterocycles. The van der Waals surface area contributed by atoms with Gasteiger partial charge >= 0.3 is 0 Å². The molecule has 3 heteroatoms. The van der Waals surface area contributed by atoms with Crippen molar-refractivity contribution in [2.45, 2.75) is 32.2 Å². The highest BCUT2D eigenvalue weighted by Gasteiger charge is 2.18. The Kier molecular flexibility index (Phi) is 4.00. The number of ether oxygens (including phenoxy) is 1. The molecule has 2 atom stereocenters. The predicted molar refractivity (Wildman–Crippen MR) is 66.8 cm³/mol. The molecule has 0 aromatic heterocycles. The van der Waals surface area contributed by atoms with Gasteiger partial charge in [-0.3, -0.25) is 0 Å². The molecule has 1 N–H and O–H groups in total. The van der Waals surface area contributed by atoms with Gasteiger partial charge in [0.05, 0.1) is 7.11 Å². The lowest BCUT2D eigenvalue weighted by Gasteiger charge is -2.27. The zero-order valence-electron chi connectivity index (χ0n) is 10.5. The molecule has 1 fully saturated rings. The fraction of sp³-hybridized carbons (Fsp3) is 0.571. The molecule has 1 aromatic carbocycles. The van der Waals surface area contributed by atoms with Crippen LogP contribution in [-0.2, 0) is 6.42 Å². The van der Waals surface area contributed by atoms with Gasteiger partial charge in [0, 0.05) is 6.04 Å². The molecule has 1 heterocycles. The molecular formula is C14H20FNO. The van der Waals surface area contributed by atoms with Crippen LogP contribution in [0.15, 0.2) is 18.2 Å². The van der Waals surface area contributed by atoms with Crippen LogP contribution < -0.4 is 10.1 Å². The molecule has 1 aromatic rings. The van der Waals surface area contributed by atoms with Crippen molar-refractivity contribution in [1.29, 1.82) is 0 Å². The number of piperidine rings is 1. The number of rotatable bonds is 3. The predicted octanol–water partition coefficient (Wildman–Crippen LogP) is 2.76. The van der Waals surface area contributed by atoms with Crippen LogP contribution in [0.4, 0.5) is 4.39 Å². The summed E-state index contributed by atoms with van der Waals surface area (Å²) in [5, 5.41) is 3.51. The first-order valence-corrected chi connectivity index (χ1v) is 6.25. The van der Waals surface area contributed by atoms with Crippen molar-refractivity contribution in [2.24, 2.45) is 5.92 Å². The summed E-state index contributed by atoms with van der Waals surface area (Å²) in [7, 11) is 1.49. The maximum absolute atomic E-state index is 13.5. The van der Waals surface area contributed by atoms with E-state index in [1.54, 1.807) is 12.1 Å². The van der Waals surface area contributed by atoms with E-state index in [2.05, 4.69) is 12.2 Å². The topological polar surface area (TPSA) is 21.3 Å². The van der Waals surface area contributed by atoms with E-state index in [9.17, 15) is 4.39 Å². The van der Waals surface area contributed by atoms with Crippen molar-refractivity contribution in [3.8, 4) is 5.75 Å². The first-order chi connectivity index (χ1) is 8.19. The number of benzene rings is 1. The summed E-state index contributed by atoms with van der Waals surface area (Å²) in [4.78, 5) is 0. The molecular weight excluding hydrogens is 217 g/mol. The summed E-state index contributed by atoms with van der Waals surface area (Å²) in [5.41, 5.74) is 1.04. The number of hydrogen-bond acceptors (Lipinski definition) is 2. The van der Waals surface area contributed by atoms with Gasteiger partial charge in [-0.2, -0.15) is 0 Å². The molecule has 2 rings (SSSR count). The van der Waals surface area contributed by atoms with Gasteiger partial charge in [0.15, 0.2) is 11.6 Å². The Labute approximate surface area is 102 Å². The van der Waals surface area contributed by atoms with Crippen molar-refractivity contribution in [3.63, 3.8) is 0 Å². The Hall–Kier alpha value is -1.09. The summed E-state index contributed by atoms with van der Waals surface area (Å²) in [6.45, 7) is 3.33. The summed E-state index contributed by atoms with van der Waals surface area (Å²) >= 11 is 0. The average molecular weight is 237 g/mol. The molecule has 17 heavy (non-hydrogen) atoms. The van der Waals surface area contributed by atoms with E-state index in [1.165, 1.54) is 20.0 Å². The summed E-state index contributed by atoms with van der Waals surface area (Å²) in [5.74, 6) is 0.812. The van der Waals surface area contributed by atoms with E-state index in [0.29, 0.717) is 11.8 Å². The third-order valence-corrected chi connectivity index (χ3v) is 3.46. The normalized spacial score (nSPS) is 24.6. The number of hydrogen-bond donors (Lipinski definition) is 1. The molecule has 1 saturated heterocycles. The van der Waals surface area contributed by atoms with E-state index in [4.69, 9.17) is 4.74 Å². The van der Waals surface area contributed by atoms with Crippen molar-refractivity contribution >= 4 is 0 Å². The molecule has 1 aliphatic rings. The minimum atomic E-state index is -0.269. The van der Waals surface area contributed by atoms with Crippen LogP contribution in [0.25, 0.3) is 0 Å². The van der Waals surface area contributed by atoms with Crippen LogP contribution in [0, 0.1) is 11.7 Å². The first-order valence-electron chi connectivity index (χ1n) is 6.25. The van der Waals surface area contributed by atoms with Crippen LogP contribution in [0.5, 0.6) is 5.75 Å². The monoisotopic (exact) mass is 237 g/mol. The van der Waals surface area contributed by atoms with E-state index in [-0.39, 0.29) is 5.82 Å². The second-order valence-corrected chi connectivity index (χ2v) is 4.96. The van der Waals surface area contributed by atoms with Gasteiger partial charge in [-0.15, -0.1) is 0 Å². The molecule has 94 valence electrons. The molecule has 0 radical (unpaired) electrons. The van der Waals surface area contributed by atoms with Crippen molar-refractivity contribution in [3.05, 3.63) is 29.6 Å². The Morgan fingerprint density at radius 3 is 2.82 bits per heavy atom. The largest absolute Gasteiger partial charge is 0.494 e. The molecule has 0 spiro atoms. The van der Waals surface area contributed by atoms with Crippen molar-refractivity contribution in [1.82, 2.24) is 5.32 Å². The van der Waals surface area contributed by atoms with Crippen LogP contribution in [0.3, 0.4) is 0 Å². The van der Waals surface area contributed by atoms with Gasteiger partial charge in [-0.05, 0) is 49.4 Å². The minimum Gasteiger partial charge on any atom is -0.494 e. The van der Waals surface area contributed by atoms with E-state index >= 15 is 0 Å². The van der Waals surface area contributed by atoms with Crippen LogP contribution in [0.2, 0.25) is 0 Å². The molecule has 0 bridgehead atoms. The second kappa shape index (κ2) is 5.50. The maximum Gasteiger partial charge on any atom is 0.165 e. The summed E-state index contributed by atoms with van der Waals surface area (Å²) in [6, 6.07) is 5.72. The van der Waals surface area contributed by atoms with Crippen LogP contribution >= 0.6 is 0 Å². The smallest absolute Gasteiger partial charge is 0.165 e.